The Morgan fingerprint density at radius 3 is 0.786 bits per heavy atom. The molecule has 0 nitrogen and oxygen atoms in total. The second-order valence-electron chi connectivity index (χ2n) is 13.9. The zero-order valence-corrected chi connectivity index (χ0v) is 29.8. The van der Waals surface area contributed by atoms with Gasteiger partial charge in [0, 0.05) is 0 Å². The fraction of sp³-hybridized carbons (Fsp3) is 0.905. The summed E-state index contributed by atoms with van der Waals surface area (Å²) in [5, 5.41) is 0. The first-order valence-corrected chi connectivity index (χ1v) is 20.1. The van der Waals surface area contributed by atoms with Crippen LogP contribution in [0.1, 0.15) is 245 Å². The lowest BCUT2D eigenvalue weighted by atomic mass is 10.00. The maximum absolute atomic E-state index is 4.38. The van der Waals surface area contributed by atoms with Crippen molar-refractivity contribution in [1.29, 1.82) is 0 Å². The summed E-state index contributed by atoms with van der Waals surface area (Å²) >= 11 is 0. The molecular weight excluding hydrogens is 504 g/mol. The van der Waals surface area contributed by atoms with Crippen LogP contribution in [0.3, 0.4) is 0 Å². The van der Waals surface area contributed by atoms with E-state index in [0.717, 1.165) is 0 Å². The zero-order chi connectivity index (χ0) is 30.4. The number of hydrogen-bond acceptors (Lipinski definition) is 0. The molecule has 0 atom stereocenters. The normalized spacial score (nSPS) is 11.7. The van der Waals surface area contributed by atoms with Crippen molar-refractivity contribution in [2.24, 2.45) is 0 Å². The van der Waals surface area contributed by atoms with Crippen LogP contribution in [0.4, 0.5) is 0 Å². The first-order chi connectivity index (χ1) is 20.8. The largest absolute Gasteiger partial charge is 0.0999 e. The van der Waals surface area contributed by atoms with Crippen molar-refractivity contribution >= 4 is 0 Å². The second kappa shape index (κ2) is 38.5. The fourth-order valence-corrected chi connectivity index (χ4v) is 6.38. The monoisotopic (exact) mass is 587 g/mol. The minimum absolute atomic E-state index is 1.28. The fourth-order valence-electron chi connectivity index (χ4n) is 6.38. The summed E-state index contributed by atoms with van der Waals surface area (Å²) in [6.45, 7) is 8.98. The lowest BCUT2D eigenvalue weighted by molar-refractivity contribution is 0.526. The van der Waals surface area contributed by atoms with Crippen LogP contribution in [-0.2, 0) is 0 Å². The van der Waals surface area contributed by atoms with Gasteiger partial charge in [-0.3, -0.25) is 0 Å². The van der Waals surface area contributed by atoms with Crippen LogP contribution < -0.4 is 0 Å². The van der Waals surface area contributed by atoms with Gasteiger partial charge >= 0.3 is 0 Å². The van der Waals surface area contributed by atoms with Crippen molar-refractivity contribution in [3.05, 3.63) is 24.3 Å². The van der Waals surface area contributed by atoms with E-state index in [9.17, 15) is 0 Å². The third-order valence-electron chi connectivity index (χ3n) is 9.43. The zero-order valence-electron chi connectivity index (χ0n) is 29.8. The smallest absolute Gasteiger partial charge is 0.0323 e. The summed E-state index contributed by atoms with van der Waals surface area (Å²) in [7, 11) is 0. The van der Waals surface area contributed by atoms with Gasteiger partial charge in [-0.15, -0.1) is 0 Å². The molecule has 0 fully saturated rings. The van der Waals surface area contributed by atoms with E-state index in [2.05, 4.69) is 32.6 Å². The Balaban J connectivity index is 3.18. The molecule has 0 N–H and O–H groups in total. The Bertz CT molecular complexity index is 514. The highest BCUT2D eigenvalue weighted by Gasteiger charge is 1.99. The van der Waals surface area contributed by atoms with E-state index in [-0.39, 0.29) is 0 Å². The SMILES string of the molecule is C=C(CCCCCCCCCCC/C=C\CCCCCCCC)CCCCCCCCCCCCCCCCCCC. The second-order valence-corrected chi connectivity index (χ2v) is 13.9. The van der Waals surface area contributed by atoms with Crippen molar-refractivity contribution in [3.8, 4) is 0 Å². The number of unbranched alkanes of at least 4 members (excludes halogenated alkanes) is 31. The van der Waals surface area contributed by atoms with Crippen LogP contribution in [0, 0.1) is 0 Å². The average Bonchev–Trinajstić information content (AvgIpc) is 3.00. The van der Waals surface area contributed by atoms with Crippen molar-refractivity contribution in [3.63, 3.8) is 0 Å². The van der Waals surface area contributed by atoms with Crippen LogP contribution in [0.5, 0.6) is 0 Å². The Kier molecular flexibility index (Phi) is 38.0. The minimum Gasteiger partial charge on any atom is -0.0999 e. The van der Waals surface area contributed by atoms with E-state index in [0.29, 0.717) is 0 Å². The predicted octanol–water partition coefficient (Wildman–Crippen LogP) is 16.2. The van der Waals surface area contributed by atoms with E-state index in [4.69, 9.17) is 0 Å². The topological polar surface area (TPSA) is 0 Å². The van der Waals surface area contributed by atoms with Crippen molar-refractivity contribution in [2.45, 2.75) is 245 Å². The highest BCUT2D eigenvalue weighted by atomic mass is 14.0. The molecule has 0 aliphatic carbocycles. The first kappa shape index (κ1) is 41.5. The van der Waals surface area contributed by atoms with E-state index >= 15 is 0 Å². The molecule has 0 saturated carbocycles. The van der Waals surface area contributed by atoms with Gasteiger partial charge in [0.1, 0.15) is 0 Å². The molecule has 0 heterocycles. The molecular formula is C42H82. The van der Waals surface area contributed by atoms with Gasteiger partial charge in [-0.2, -0.15) is 0 Å². The first-order valence-electron chi connectivity index (χ1n) is 20.1. The van der Waals surface area contributed by atoms with Crippen molar-refractivity contribution in [1.82, 2.24) is 0 Å². The Morgan fingerprint density at radius 1 is 0.310 bits per heavy atom. The maximum Gasteiger partial charge on any atom is -0.0323 e. The molecule has 0 aromatic carbocycles. The van der Waals surface area contributed by atoms with E-state index < -0.39 is 0 Å². The molecule has 0 heteroatoms. The minimum atomic E-state index is 1.28. The Morgan fingerprint density at radius 2 is 0.524 bits per heavy atom. The van der Waals surface area contributed by atoms with Gasteiger partial charge in [-0.1, -0.05) is 218 Å². The van der Waals surface area contributed by atoms with Gasteiger partial charge in [0.25, 0.3) is 0 Å². The molecule has 250 valence electrons. The molecule has 0 aliphatic heterocycles. The molecule has 0 aromatic heterocycles. The van der Waals surface area contributed by atoms with Gasteiger partial charge in [0.2, 0.25) is 0 Å². The number of rotatable bonds is 37. The molecule has 0 aromatic rings. The van der Waals surface area contributed by atoms with Crippen LogP contribution in [0.25, 0.3) is 0 Å². The molecule has 0 unspecified atom stereocenters. The molecule has 0 amide bonds. The summed E-state index contributed by atoms with van der Waals surface area (Å²) in [6, 6.07) is 0. The van der Waals surface area contributed by atoms with Crippen LogP contribution in [0.15, 0.2) is 24.3 Å². The highest BCUT2D eigenvalue weighted by Crippen LogP contribution is 2.18. The van der Waals surface area contributed by atoms with Gasteiger partial charge < -0.3 is 0 Å². The molecule has 0 bridgehead atoms. The number of hydrogen-bond donors (Lipinski definition) is 0. The lowest BCUT2D eigenvalue weighted by Gasteiger charge is -2.07. The van der Waals surface area contributed by atoms with Crippen LogP contribution >= 0.6 is 0 Å². The van der Waals surface area contributed by atoms with Gasteiger partial charge in [0.05, 0.1) is 0 Å². The summed E-state index contributed by atoms with van der Waals surface area (Å²) in [4.78, 5) is 0. The molecule has 42 heavy (non-hydrogen) atoms. The van der Waals surface area contributed by atoms with E-state index in [1.807, 2.05) is 0 Å². The van der Waals surface area contributed by atoms with Crippen molar-refractivity contribution in [2.75, 3.05) is 0 Å². The Labute approximate surface area is 268 Å². The van der Waals surface area contributed by atoms with Gasteiger partial charge in [-0.05, 0) is 51.4 Å². The molecule has 0 aliphatic rings. The summed E-state index contributed by atoms with van der Waals surface area (Å²) in [5.41, 5.74) is 1.52. The Hall–Kier alpha value is -0.520. The third kappa shape index (κ3) is 37.5. The van der Waals surface area contributed by atoms with Gasteiger partial charge in [-0.25, -0.2) is 0 Å². The number of allylic oxidation sites excluding steroid dienone is 3. The summed E-state index contributed by atoms with van der Waals surface area (Å²) in [5.74, 6) is 0. The molecule has 0 saturated heterocycles. The van der Waals surface area contributed by atoms with E-state index in [1.165, 1.54) is 237 Å². The average molecular weight is 587 g/mol. The molecule has 0 spiro atoms. The maximum atomic E-state index is 4.38. The highest BCUT2D eigenvalue weighted by molar-refractivity contribution is 4.93. The third-order valence-corrected chi connectivity index (χ3v) is 9.43. The van der Waals surface area contributed by atoms with E-state index in [1.54, 1.807) is 0 Å². The quantitative estimate of drug-likeness (QED) is 0.0501. The van der Waals surface area contributed by atoms with Crippen LogP contribution in [-0.4, -0.2) is 0 Å². The lowest BCUT2D eigenvalue weighted by Crippen LogP contribution is -1.87. The molecule has 0 radical (unpaired) electrons. The van der Waals surface area contributed by atoms with Crippen molar-refractivity contribution < 1.29 is 0 Å². The van der Waals surface area contributed by atoms with Crippen LogP contribution in [0.2, 0.25) is 0 Å². The van der Waals surface area contributed by atoms with Gasteiger partial charge in [0.15, 0.2) is 0 Å². The standard InChI is InChI=1S/C42H82/c1-4-6-8-10-12-14-16-18-20-22-23-25-27-29-31-33-35-37-39-41-42(3)40-38-36-34-32-30-28-26-24-21-19-17-15-13-11-9-7-5-2/h18,20H,3-17,19,21-41H2,1-2H3/b20-18-. The molecule has 0 rings (SSSR count). The summed E-state index contributed by atoms with van der Waals surface area (Å²) < 4.78 is 0. The predicted molar refractivity (Wildman–Crippen MR) is 196 cm³/mol. The summed E-state index contributed by atoms with van der Waals surface area (Å²) in [6.07, 6.45) is 56.2.